The van der Waals surface area contributed by atoms with Crippen LogP contribution in [0.15, 0.2) is 47.4 Å². The summed E-state index contributed by atoms with van der Waals surface area (Å²) in [5.74, 6) is 0.194. The van der Waals surface area contributed by atoms with E-state index in [2.05, 4.69) is 15.1 Å². The summed E-state index contributed by atoms with van der Waals surface area (Å²) in [6, 6.07) is 10.3. The number of aliphatic hydroxyl groups is 1. The van der Waals surface area contributed by atoms with Crippen LogP contribution in [-0.2, 0) is 18.4 Å². The van der Waals surface area contributed by atoms with E-state index in [1.54, 1.807) is 51.1 Å². The molecule has 3 aliphatic rings. The van der Waals surface area contributed by atoms with Crippen molar-refractivity contribution in [3.63, 3.8) is 0 Å². The van der Waals surface area contributed by atoms with Crippen LogP contribution in [-0.4, -0.2) is 89.9 Å². The molecule has 0 bridgehead atoms. The molecule has 3 amide bonds. The van der Waals surface area contributed by atoms with Gasteiger partial charge in [-0.3, -0.25) is 29.0 Å². The van der Waals surface area contributed by atoms with Crippen molar-refractivity contribution in [3.05, 3.63) is 75.2 Å². The van der Waals surface area contributed by atoms with Crippen LogP contribution in [0.1, 0.15) is 44.7 Å². The number of benzene rings is 2. The van der Waals surface area contributed by atoms with Gasteiger partial charge >= 0.3 is 0 Å². The largest absolute Gasteiger partial charge is 0.496 e. The number of imide groups is 1. The van der Waals surface area contributed by atoms with E-state index < -0.39 is 24.1 Å². The molecule has 45 heavy (non-hydrogen) atoms. The average Bonchev–Trinajstić information content (AvgIpc) is 3.28. The SMILES string of the molecule is COc1cc(-c2cc(C)c(=O)n(C)c2)cc(OC)c1CN1CCN(c2ccc3c(c2)C(=O)N(C2CCC(=O)NC2O)C3=O)CC1. The topological polar surface area (TPSA) is 134 Å². The Hall–Kier alpha value is -4.68. The Morgan fingerprint density at radius 2 is 1.56 bits per heavy atom. The standard InChI is InChI=1S/C33H37N5O7/c1-19-13-21(17-35(2)31(19)41)20-14-27(44-3)25(28(15-20)45-4)18-36-9-11-37(12-10-36)22-5-6-23-24(16-22)33(43)38(32(23)42)26-7-8-29(39)34-30(26)40/h5-6,13-17,26,30,40H,7-12,18H2,1-4H3,(H,34,39). The second kappa shape index (κ2) is 12.0. The first kappa shape index (κ1) is 30.4. The third-order valence-corrected chi connectivity index (χ3v) is 9.00. The summed E-state index contributed by atoms with van der Waals surface area (Å²) in [5, 5.41) is 12.8. The van der Waals surface area contributed by atoms with Gasteiger partial charge in [0.25, 0.3) is 17.4 Å². The van der Waals surface area contributed by atoms with Crippen LogP contribution in [0.5, 0.6) is 11.5 Å². The summed E-state index contributed by atoms with van der Waals surface area (Å²) < 4.78 is 13.2. The van der Waals surface area contributed by atoms with Crippen molar-refractivity contribution in [2.24, 2.45) is 7.05 Å². The maximum Gasteiger partial charge on any atom is 0.262 e. The number of amides is 3. The van der Waals surface area contributed by atoms with Gasteiger partial charge in [0.05, 0.1) is 37.0 Å². The molecule has 0 radical (unpaired) electrons. The van der Waals surface area contributed by atoms with Crippen LogP contribution < -0.4 is 25.2 Å². The number of aryl methyl sites for hydroxylation is 2. The van der Waals surface area contributed by atoms with Gasteiger partial charge in [-0.05, 0) is 60.9 Å². The predicted octanol–water partition coefficient (Wildman–Crippen LogP) is 1.89. The molecule has 2 unspecified atom stereocenters. The summed E-state index contributed by atoms with van der Waals surface area (Å²) in [4.78, 5) is 55.9. The minimum Gasteiger partial charge on any atom is -0.496 e. The van der Waals surface area contributed by atoms with E-state index in [1.807, 2.05) is 24.3 Å². The molecule has 2 aromatic carbocycles. The summed E-state index contributed by atoms with van der Waals surface area (Å²) >= 11 is 0. The Labute approximate surface area is 260 Å². The second-order valence-corrected chi connectivity index (χ2v) is 11.8. The van der Waals surface area contributed by atoms with Gasteiger partial charge in [-0.2, -0.15) is 0 Å². The number of aromatic nitrogens is 1. The number of carbonyl (C=O) groups excluding carboxylic acids is 3. The number of piperazine rings is 1. The quantitative estimate of drug-likeness (QED) is 0.383. The fraction of sp³-hybridized carbons (Fsp3) is 0.394. The number of hydrogen-bond acceptors (Lipinski definition) is 9. The normalized spacial score (nSPS) is 20.3. The van der Waals surface area contributed by atoms with Crippen LogP contribution in [0.2, 0.25) is 0 Å². The number of anilines is 1. The second-order valence-electron chi connectivity index (χ2n) is 11.8. The maximum atomic E-state index is 13.3. The predicted molar refractivity (Wildman–Crippen MR) is 167 cm³/mol. The molecule has 2 atom stereocenters. The van der Waals surface area contributed by atoms with Crippen LogP contribution in [0, 0.1) is 6.92 Å². The third kappa shape index (κ3) is 5.55. The molecule has 6 rings (SSSR count). The van der Waals surface area contributed by atoms with Gasteiger partial charge < -0.3 is 29.4 Å². The van der Waals surface area contributed by atoms with Gasteiger partial charge in [0.1, 0.15) is 17.7 Å². The van der Waals surface area contributed by atoms with E-state index >= 15 is 0 Å². The number of hydrogen-bond donors (Lipinski definition) is 2. The van der Waals surface area contributed by atoms with E-state index in [-0.39, 0.29) is 24.3 Å². The molecule has 4 heterocycles. The molecule has 3 aromatic rings. The first-order valence-corrected chi connectivity index (χ1v) is 15.0. The molecule has 0 saturated carbocycles. The monoisotopic (exact) mass is 615 g/mol. The Morgan fingerprint density at radius 1 is 0.889 bits per heavy atom. The highest BCUT2D eigenvalue weighted by Gasteiger charge is 2.44. The molecule has 2 N–H and O–H groups in total. The lowest BCUT2D eigenvalue weighted by molar-refractivity contribution is -0.129. The maximum absolute atomic E-state index is 13.3. The fourth-order valence-electron chi connectivity index (χ4n) is 6.52. The van der Waals surface area contributed by atoms with E-state index in [4.69, 9.17) is 9.47 Å². The fourth-order valence-corrected chi connectivity index (χ4v) is 6.52. The van der Waals surface area contributed by atoms with Gasteiger partial charge in [0, 0.05) is 63.6 Å². The first-order chi connectivity index (χ1) is 21.6. The van der Waals surface area contributed by atoms with Crippen molar-refractivity contribution in [1.82, 2.24) is 19.7 Å². The van der Waals surface area contributed by atoms with Crippen molar-refractivity contribution in [3.8, 4) is 22.6 Å². The number of ether oxygens (including phenoxy) is 2. The molecule has 12 nitrogen and oxygen atoms in total. The molecule has 3 aliphatic heterocycles. The number of nitrogens with one attached hydrogen (secondary N) is 1. The average molecular weight is 616 g/mol. The number of carbonyl (C=O) groups is 3. The minimum absolute atomic E-state index is 0.0361. The van der Waals surface area contributed by atoms with Crippen LogP contribution in [0.25, 0.3) is 11.1 Å². The molecular weight excluding hydrogens is 578 g/mol. The zero-order valence-corrected chi connectivity index (χ0v) is 25.8. The van der Waals surface area contributed by atoms with Crippen molar-refractivity contribution in [2.45, 2.75) is 38.6 Å². The number of fused-ring (bicyclic) bond motifs is 1. The first-order valence-electron chi connectivity index (χ1n) is 15.0. The molecule has 2 fully saturated rings. The minimum atomic E-state index is -1.28. The lowest BCUT2D eigenvalue weighted by Crippen LogP contribution is -2.57. The highest BCUT2D eigenvalue weighted by atomic mass is 16.5. The number of methoxy groups -OCH3 is 2. The lowest BCUT2D eigenvalue weighted by atomic mass is 10.0. The van der Waals surface area contributed by atoms with Gasteiger partial charge in [-0.25, -0.2) is 0 Å². The van der Waals surface area contributed by atoms with E-state index in [9.17, 15) is 24.3 Å². The van der Waals surface area contributed by atoms with E-state index in [0.29, 0.717) is 47.8 Å². The molecule has 12 heteroatoms. The van der Waals surface area contributed by atoms with E-state index in [1.165, 1.54) is 0 Å². The van der Waals surface area contributed by atoms with Crippen LogP contribution in [0.3, 0.4) is 0 Å². The number of pyridine rings is 1. The number of rotatable bonds is 7. The summed E-state index contributed by atoms with van der Waals surface area (Å²) in [5.41, 5.74) is 4.81. The molecule has 2 saturated heterocycles. The number of aliphatic hydroxyl groups excluding tert-OH is 1. The smallest absolute Gasteiger partial charge is 0.262 e. The Bertz CT molecular complexity index is 1690. The highest BCUT2D eigenvalue weighted by Crippen LogP contribution is 2.37. The Kier molecular flexibility index (Phi) is 8.10. The molecule has 0 aliphatic carbocycles. The van der Waals surface area contributed by atoms with Crippen LogP contribution >= 0.6 is 0 Å². The summed E-state index contributed by atoms with van der Waals surface area (Å²) in [7, 11) is 5.01. The number of piperidine rings is 1. The summed E-state index contributed by atoms with van der Waals surface area (Å²) in [6.07, 6.45) is 0.883. The molecule has 1 aromatic heterocycles. The van der Waals surface area contributed by atoms with Gasteiger partial charge in [0.2, 0.25) is 5.91 Å². The van der Waals surface area contributed by atoms with Crippen molar-refractivity contribution in [2.75, 3.05) is 45.3 Å². The zero-order chi connectivity index (χ0) is 32.0. The van der Waals surface area contributed by atoms with Crippen LogP contribution in [0.4, 0.5) is 5.69 Å². The third-order valence-electron chi connectivity index (χ3n) is 9.00. The van der Waals surface area contributed by atoms with E-state index in [0.717, 1.165) is 40.4 Å². The highest BCUT2D eigenvalue weighted by molar-refractivity contribution is 6.22. The van der Waals surface area contributed by atoms with Gasteiger partial charge in [0.15, 0.2) is 0 Å². The zero-order valence-electron chi connectivity index (χ0n) is 25.8. The molecule has 236 valence electrons. The van der Waals surface area contributed by atoms with Gasteiger partial charge in [-0.1, -0.05) is 0 Å². The Balaban J connectivity index is 1.15. The van der Waals surface area contributed by atoms with Crippen molar-refractivity contribution >= 4 is 23.4 Å². The summed E-state index contributed by atoms with van der Waals surface area (Å²) in [6.45, 7) is 5.32. The van der Waals surface area contributed by atoms with Crippen molar-refractivity contribution in [1.29, 1.82) is 0 Å². The van der Waals surface area contributed by atoms with Gasteiger partial charge in [-0.15, -0.1) is 0 Å². The molecular formula is C33H37N5O7. The Morgan fingerprint density at radius 3 is 2.18 bits per heavy atom. The number of nitrogens with zero attached hydrogens (tertiary/aromatic N) is 4. The van der Waals surface area contributed by atoms with Crippen molar-refractivity contribution < 1.29 is 29.0 Å². The lowest BCUT2D eigenvalue weighted by Gasteiger charge is -2.36. The molecule has 0 spiro atoms.